The lowest BCUT2D eigenvalue weighted by Crippen LogP contribution is -2.05. The number of rotatable bonds is 4. The van der Waals surface area contributed by atoms with Crippen LogP contribution in [0, 0.1) is 5.82 Å². The third-order valence-corrected chi connectivity index (χ3v) is 3.19. The molecule has 3 nitrogen and oxygen atoms in total. The molecule has 0 aliphatic rings. The van der Waals surface area contributed by atoms with Gasteiger partial charge in [0, 0.05) is 18.4 Å². The Morgan fingerprint density at radius 3 is 2.95 bits per heavy atom. The quantitative estimate of drug-likeness (QED) is 0.683. The minimum Gasteiger partial charge on any atom is -0.467 e. The second kappa shape index (κ2) is 5.05. The average Bonchev–Trinajstić information content (AvgIpc) is 2.99. The number of halogens is 2. The summed E-state index contributed by atoms with van der Waals surface area (Å²) >= 11 is 5.80. The first kappa shape index (κ1) is 12.2. The molecule has 0 saturated heterocycles. The SMILES string of the molecule is Fc1ccc2c(c1)nc(CCCl)n2Cc1ccco1. The van der Waals surface area contributed by atoms with E-state index in [9.17, 15) is 4.39 Å². The van der Waals surface area contributed by atoms with Gasteiger partial charge in [-0.05, 0) is 24.3 Å². The predicted molar refractivity (Wildman–Crippen MR) is 71.9 cm³/mol. The van der Waals surface area contributed by atoms with Gasteiger partial charge in [0.15, 0.2) is 0 Å². The summed E-state index contributed by atoms with van der Waals surface area (Å²) in [4.78, 5) is 4.44. The van der Waals surface area contributed by atoms with Crippen LogP contribution in [0.1, 0.15) is 11.6 Å². The number of hydrogen-bond donors (Lipinski definition) is 0. The second-order valence-corrected chi connectivity index (χ2v) is 4.64. The van der Waals surface area contributed by atoms with Gasteiger partial charge in [-0.2, -0.15) is 0 Å². The summed E-state index contributed by atoms with van der Waals surface area (Å²) < 4.78 is 20.6. The molecule has 0 N–H and O–H groups in total. The molecule has 0 radical (unpaired) electrons. The lowest BCUT2D eigenvalue weighted by molar-refractivity contribution is 0.492. The molecule has 0 spiro atoms. The number of imidazole rings is 1. The minimum atomic E-state index is -0.285. The van der Waals surface area contributed by atoms with Gasteiger partial charge in [-0.25, -0.2) is 9.37 Å². The van der Waals surface area contributed by atoms with E-state index in [0.29, 0.717) is 24.4 Å². The van der Waals surface area contributed by atoms with Crippen LogP contribution in [0.3, 0.4) is 0 Å². The van der Waals surface area contributed by atoms with Crippen molar-refractivity contribution in [1.29, 1.82) is 0 Å². The number of aromatic nitrogens is 2. The normalized spacial score (nSPS) is 11.3. The summed E-state index contributed by atoms with van der Waals surface area (Å²) in [7, 11) is 0. The molecule has 0 saturated carbocycles. The van der Waals surface area contributed by atoms with Gasteiger partial charge in [0.1, 0.15) is 17.4 Å². The molecular formula is C14H12ClFN2O. The fraction of sp³-hybridized carbons (Fsp3) is 0.214. The van der Waals surface area contributed by atoms with Crippen LogP contribution in [0.2, 0.25) is 0 Å². The lowest BCUT2D eigenvalue weighted by Gasteiger charge is -2.06. The van der Waals surface area contributed by atoms with Crippen LogP contribution < -0.4 is 0 Å². The second-order valence-electron chi connectivity index (χ2n) is 4.27. The first-order chi connectivity index (χ1) is 9.28. The number of aryl methyl sites for hydroxylation is 1. The summed E-state index contributed by atoms with van der Waals surface area (Å²) in [6.07, 6.45) is 2.27. The number of alkyl halides is 1. The van der Waals surface area contributed by atoms with Crippen molar-refractivity contribution in [3.63, 3.8) is 0 Å². The third-order valence-electron chi connectivity index (χ3n) is 3.00. The number of fused-ring (bicyclic) bond motifs is 1. The van der Waals surface area contributed by atoms with Crippen molar-refractivity contribution in [3.05, 3.63) is 54.0 Å². The molecule has 3 aromatic rings. The van der Waals surface area contributed by atoms with Gasteiger partial charge in [-0.3, -0.25) is 0 Å². The van der Waals surface area contributed by atoms with Crippen molar-refractivity contribution in [2.45, 2.75) is 13.0 Å². The van der Waals surface area contributed by atoms with Crippen molar-refractivity contribution < 1.29 is 8.81 Å². The lowest BCUT2D eigenvalue weighted by atomic mass is 10.3. The highest BCUT2D eigenvalue weighted by molar-refractivity contribution is 6.17. The molecule has 0 bridgehead atoms. The number of nitrogens with zero attached hydrogens (tertiary/aromatic N) is 2. The maximum atomic E-state index is 13.2. The molecule has 5 heteroatoms. The predicted octanol–water partition coefficient (Wildman–Crippen LogP) is 3.60. The fourth-order valence-corrected chi connectivity index (χ4v) is 2.33. The van der Waals surface area contributed by atoms with E-state index in [1.165, 1.54) is 12.1 Å². The Morgan fingerprint density at radius 2 is 2.21 bits per heavy atom. The number of furan rings is 1. The molecule has 2 aromatic heterocycles. The molecule has 3 rings (SSSR count). The zero-order valence-corrected chi connectivity index (χ0v) is 10.9. The van der Waals surface area contributed by atoms with Crippen LogP contribution >= 0.6 is 11.6 Å². The highest BCUT2D eigenvalue weighted by atomic mass is 35.5. The smallest absolute Gasteiger partial charge is 0.125 e. The van der Waals surface area contributed by atoms with Crippen LogP contribution in [-0.4, -0.2) is 15.4 Å². The van der Waals surface area contributed by atoms with E-state index < -0.39 is 0 Å². The van der Waals surface area contributed by atoms with Gasteiger partial charge in [0.2, 0.25) is 0 Å². The topological polar surface area (TPSA) is 31.0 Å². The van der Waals surface area contributed by atoms with Crippen LogP contribution in [-0.2, 0) is 13.0 Å². The third kappa shape index (κ3) is 2.36. The number of benzene rings is 1. The molecule has 0 atom stereocenters. The molecule has 1 aromatic carbocycles. The molecule has 98 valence electrons. The standard InChI is InChI=1S/C14H12ClFN2O/c15-6-5-14-17-12-8-10(16)3-4-13(12)18(14)9-11-2-1-7-19-11/h1-4,7-8H,5-6,9H2. The molecular weight excluding hydrogens is 267 g/mol. The number of hydrogen-bond acceptors (Lipinski definition) is 2. The molecule has 0 fully saturated rings. The summed E-state index contributed by atoms with van der Waals surface area (Å²) in [5.74, 6) is 1.86. The van der Waals surface area contributed by atoms with E-state index in [2.05, 4.69) is 4.98 Å². The van der Waals surface area contributed by atoms with Gasteiger partial charge < -0.3 is 8.98 Å². The molecule has 0 aliphatic carbocycles. The van der Waals surface area contributed by atoms with Gasteiger partial charge >= 0.3 is 0 Å². The van der Waals surface area contributed by atoms with Gasteiger partial charge in [-0.1, -0.05) is 0 Å². The molecule has 0 aliphatic heterocycles. The summed E-state index contributed by atoms with van der Waals surface area (Å²) in [6.45, 7) is 0.571. The first-order valence-electron chi connectivity index (χ1n) is 6.01. The highest BCUT2D eigenvalue weighted by Gasteiger charge is 2.12. The minimum absolute atomic E-state index is 0.285. The Labute approximate surface area is 114 Å². The highest BCUT2D eigenvalue weighted by Crippen LogP contribution is 2.20. The molecule has 19 heavy (non-hydrogen) atoms. The summed E-state index contributed by atoms with van der Waals surface area (Å²) in [5, 5.41) is 0. The van der Waals surface area contributed by atoms with E-state index >= 15 is 0 Å². The van der Waals surface area contributed by atoms with E-state index in [1.54, 1.807) is 12.3 Å². The van der Waals surface area contributed by atoms with E-state index in [-0.39, 0.29) is 5.82 Å². The average molecular weight is 279 g/mol. The van der Waals surface area contributed by atoms with E-state index in [0.717, 1.165) is 17.1 Å². The maximum Gasteiger partial charge on any atom is 0.125 e. The maximum absolute atomic E-state index is 13.2. The Balaban J connectivity index is 2.10. The van der Waals surface area contributed by atoms with Crippen molar-refractivity contribution in [1.82, 2.24) is 9.55 Å². The van der Waals surface area contributed by atoms with Gasteiger partial charge in [0.05, 0.1) is 23.8 Å². The molecule has 0 amide bonds. The van der Waals surface area contributed by atoms with Crippen molar-refractivity contribution in [3.8, 4) is 0 Å². The van der Waals surface area contributed by atoms with E-state index in [1.807, 2.05) is 16.7 Å². The van der Waals surface area contributed by atoms with Crippen molar-refractivity contribution in [2.24, 2.45) is 0 Å². The van der Waals surface area contributed by atoms with Crippen LogP contribution in [0.15, 0.2) is 41.0 Å². The summed E-state index contributed by atoms with van der Waals surface area (Å²) in [6, 6.07) is 8.35. The Morgan fingerprint density at radius 1 is 1.32 bits per heavy atom. The Bertz CT molecular complexity index is 691. The van der Waals surface area contributed by atoms with E-state index in [4.69, 9.17) is 16.0 Å². The zero-order valence-electron chi connectivity index (χ0n) is 10.1. The van der Waals surface area contributed by atoms with Crippen LogP contribution in [0.4, 0.5) is 4.39 Å². The van der Waals surface area contributed by atoms with Crippen LogP contribution in [0.25, 0.3) is 11.0 Å². The largest absolute Gasteiger partial charge is 0.467 e. The van der Waals surface area contributed by atoms with Crippen molar-refractivity contribution >= 4 is 22.6 Å². The first-order valence-corrected chi connectivity index (χ1v) is 6.54. The van der Waals surface area contributed by atoms with Gasteiger partial charge in [0.25, 0.3) is 0 Å². The fourth-order valence-electron chi connectivity index (χ4n) is 2.16. The zero-order chi connectivity index (χ0) is 13.2. The van der Waals surface area contributed by atoms with Crippen molar-refractivity contribution in [2.75, 3.05) is 5.88 Å². The monoisotopic (exact) mass is 278 g/mol. The Kier molecular flexibility index (Phi) is 3.25. The van der Waals surface area contributed by atoms with Gasteiger partial charge in [-0.15, -0.1) is 11.6 Å². The molecule has 2 heterocycles. The Hall–Kier alpha value is -1.81. The summed E-state index contributed by atoms with van der Waals surface area (Å²) in [5.41, 5.74) is 1.53. The molecule has 0 unspecified atom stereocenters. The van der Waals surface area contributed by atoms with Crippen LogP contribution in [0.5, 0.6) is 0 Å².